The summed E-state index contributed by atoms with van der Waals surface area (Å²) in [5, 5.41) is 0. The molecule has 0 saturated carbocycles. The molecule has 0 rings (SSSR count). The molecule has 0 aliphatic carbocycles. The van der Waals surface area contributed by atoms with Crippen LogP contribution in [0.4, 0.5) is 0 Å². The van der Waals surface area contributed by atoms with Gasteiger partial charge in [0.05, 0.1) is 0 Å². The van der Waals surface area contributed by atoms with E-state index in [0.717, 1.165) is 13.2 Å². The molecule has 18 heavy (non-hydrogen) atoms. The third kappa shape index (κ3) is 16.0. The lowest BCUT2D eigenvalue weighted by molar-refractivity contribution is 0.166. The van der Waals surface area contributed by atoms with Crippen molar-refractivity contribution < 1.29 is 4.74 Å². The van der Waals surface area contributed by atoms with E-state index in [9.17, 15) is 0 Å². The number of ether oxygens (including phenoxy) is 1. The van der Waals surface area contributed by atoms with Crippen molar-refractivity contribution >= 4 is 0 Å². The molecule has 0 aliphatic heterocycles. The highest BCUT2D eigenvalue weighted by Crippen LogP contribution is 2.12. The van der Waals surface area contributed by atoms with Gasteiger partial charge in [0.15, 0.2) is 0 Å². The van der Waals surface area contributed by atoms with Gasteiger partial charge >= 0.3 is 0 Å². The van der Waals surface area contributed by atoms with Crippen LogP contribution in [0.15, 0.2) is 0 Å². The molecule has 1 heteroatoms. The van der Waals surface area contributed by atoms with Crippen molar-refractivity contribution in [2.24, 2.45) is 0 Å². The number of hydrogen-bond acceptors (Lipinski definition) is 1. The van der Waals surface area contributed by atoms with Crippen LogP contribution in [0.5, 0.6) is 0 Å². The van der Waals surface area contributed by atoms with E-state index in [0.29, 0.717) is 0 Å². The Kier molecular flexibility index (Phi) is 16.9. The first-order valence-corrected chi connectivity index (χ1v) is 8.31. The van der Waals surface area contributed by atoms with Gasteiger partial charge in [0, 0.05) is 13.2 Å². The first-order chi connectivity index (χ1) is 8.91. The minimum absolute atomic E-state index is 0.842. The average Bonchev–Trinajstić information content (AvgIpc) is 2.39. The van der Waals surface area contributed by atoms with E-state index in [1.165, 1.54) is 77.0 Å². The predicted octanol–water partition coefficient (Wildman–Crippen LogP) is 5.93. The van der Waals surface area contributed by atoms with Gasteiger partial charge in [0.25, 0.3) is 0 Å². The minimum Gasteiger partial charge on any atom is -0.381 e. The zero-order chi connectivity index (χ0) is 13.3. The van der Waals surface area contributed by atoms with Crippen molar-refractivity contribution in [3.63, 3.8) is 0 Å². The molecular formula is C17H35O. The summed E-state index contributed by atoms with van der Waals surface area (Å²) < 4.78 is 5.28. The monoisotopic (exact) mass is 255 g/mol. The van der Waals surface area contributed by atoms with E-state index < -0.39 is 0 Å². The lowest BCUT2D eigenvalue weighted by atomic mass is 10.0. The Morgan fingerprint density at radius 1 is 0.667 bits per heavy atom. The van der Waals surface area contributed by atoms with Crippen molar-refractivity contribution in [2.45, 2.75) is 90.9 Å². The number of hydrogen-bond donors (Lipinski definition) is 0. The Hall–Kier alpha value is -0.0400. The quantitative estimate of drug-likeness (QED) is 0.330. The van der Waals surface area contributed by atoms with Gasteiger partial charge in [-0.2, -0.15) is 0 Å². The van der Waals surface area contributed by atoms with Crippen molar-refractivity contribution in [3.8, 4) is 0 Å². The molecule has 0 aromatic heterocycles. The molecule has 0 heterocycles. The molecule has 0 aromatic carbocycles. The maximum absolute atomic E-state index is 5.28. The summed E-state index contributed by atoms with van der Waals surface area (Å²) in [7, 11) is 0. The zero-order valence-electron chi connectivity index (χ0n) is 12.9. The van der Waals surface area contributed by atoms with Gasteiger partial charge in [-0.05, 0) is 19.8 Å². The fraction of sp³-hybridized carbons (Fsp3) is 0.941. The molecule has 0 N–H and O–H groups in total. The topological polar surface area (TPSA) is 9.23 Å². The van der Waals surface area contributed by atoms with Gasteiger partial charge in [-0.25, -0.2) is 0 Å². The van der Waals surface area contributed by atoms with Gasteiger partial charge in [-0.15, -0.1) is 0 Å². The molecule has 0 unspecified atom stereocenters. The lowest BCUT2D eigenvalue weighted by Crippen LogP contribution is -1.93. The maximum atomic E-state index is 5.28. The fourth-order valence-corrected chi connectivity index (χ4v) is 2.24. The average molecular weight is 255 g/mol. The maximum Gasteiger partial charge on any atom is 0.0497 e. The molecule has 1 radical (unpaired) electrons. The van der Waals surface area contributed by atoms with E-state index in [2.05, 4.69) is 20.3 Å². The number of unbranched alkanes of at least 4 members (excludes halogenated alkanes) is 12. The van der Waals surface area contributed by atoms with Crippen LogP contribution in [-0.2, 0) is 4.74 Å². The summed E-state index contributed by atoms with van der Waals surface area (Å²) in [6, 6.07) is 0. The fourth-order valence-electron chi connectivity index (χ4n) is 2.24. The van der Waals surface area contributed by atoms with Gasteiger partial charge in [0.2, 0.25) is 0 Å². The summed E-state index contributed by atoms with van der Waals surface area (Å²) in [4.78, 5) is 0. The zero-order valence-corrected chi connectivity index (χ0v) is 12.9. The van der Waals surface area contributed by atoms with Crippen LogP contribution in [0.2, 0.25) is 0 Å². The summed E-state index contributed by atoms with van der Waals surface area (Å²) >= 11 is 0. The van der Waals surface area contributed by atoms with Crippen LogP contribution in [0.3, 0.4) is 0 Å². The van der Waals surface area contributed by atoms with E-state index in [1.54, 1.807) is 0 Å². The third-order valence-corrected chi connectivity index (χ3v) is 3.45. The normalized spacial score (nSPS) is 11.0. The Morgan fingerprint density at radius 3 is 1.67 bits per heavy atom. The summed E-state index contributed by atoms with van der Waals surface area (Å²) in [5.41, 5.74) is 0. The molecule has 0 atom stereocenters. The molecule has 0 spiro atoms. The molecule has 0 aromatic rings. The first-order valence-electron chi connectivity index (χ1n) is 8.31. The van der Waals surface area contributed by atoms with Crippen molar-refractivity contribution in [1.29, 1.82) is 0 Å². The summed E-state index contributed by atoms with van der Waals surface area (Å²) in [5.74, 6) is 0. The van der Waals surface area contributed by atoms with Crippen molar-refractivity contribution in [3.05, 3.63) is 6.42 Å². The van der Waals surface area contributed by atoms with Crippen LogP contribution in [0, 0.1) is 6.42 Å². The Labute approximate surface area is 116 Å². The number of rotatable bonds is 15. The van der Waals surface area contributed by atoms with Crippen LogP contribution in [-0.4, -0.2) is 13.2 Å². The Morgan fingerprint density at radius 2 is 1.17 bits per heavy atom. The molecule has 0 bridgehead atoms. The smallest absolute Gasteiger partial charge is 0.0497 e. The molecule has 0 fully saturated rings. The summed E-state index contributed by atoms with van der Waals surface area (Å²) in [6.45, 7) is 6.02. The molecule has 0 aliphatic rings. The minimum atomic E-state index is 0.842. The molecule has 0 amide bonds. The second-order valence-corrected chi connectivity index (χ2v) is 5.27. The largest absolute Gasteiger partial charge is 0.381 e. The third-order valence-electron chi connectivity index (χ3n) is 3.45. The van der Waals surface area contributed by atoms with Gasteiger partial charge < -0.3 is 4.74 Å². The highest BCUT2D eigenvalue weighted by Gasteiger charge is 1.93. The van der Waals surface area contributed by atoms with Crippen LogP contribution < -0.4 is 0 Å². The van der Waals surface area contributed by atoms with Crippen LogP contribution in [0.25, 0.3) is 0 Å². The summed E-state index contributed by atoms with van der Waals surface area (Å²) in [6.07, 6.45) is 19.2. The molecule has 0 saturated heterocycles. The highest BCUT2D eigenvalue weighted by molar-refractivity contribution is 4.62. The van der Waals surface area contributed by atoms with E-state index in [1.807, 2.05) is 0 Å². The molecular weight excluding hydrogens is 220 g/mol. The van der Waals surface area contributed by atoms with E-state index in [-0.39, 0.29) is 0 Å². The SMILES string of the molecule is CCCCCCCCCCCCC[CH]COCC. The standard InChI is InChI=1S/C17H35O/c1-3-5-6-7-8-9-10-11-12-13-14-15-16-17-18-4-2/h16H,3-15,17H2,1-2H3. The predicted molar refractivity (Wildman–Crippen MR) is 81.9 cm³/mol. The van der Waals surface area contributed by atoms with Crippen molar-refractivity contribution in [2.75, 3.05) is 13.2 Å². The first kappa shape index (κ1) is 18.0. The Bertz CT molecular complexity index is 118. The van der Waals surface area contributed by atoms with Gasteiger partial charge in [-0.3, -0.25) is 0 Å². The highest BCUT2D eigenvalue weighted by atomic mass is 16.5. The lowest BCUT2D eigenvalue weighted by Gasteiger charge is -2.03. The molecule has 1 nitrogen and oxygen atoms in total. The van der Waals surface area contributed by atoms with Gasteiger partial charge in [0.1, 0.15) is 0 Å². The van der Waals surface area contributed by atoms with E-state index >= 15 is 0 Å². The Balaban J connectivity index is 2.86. The second kappa shape index (κ2) is 17.0. The van der Waals surface area contributed by atoms with Crippen LogP contribution >= 0.6 is 0 Å². The van der Waals surface area contributed by atoms with Crippen molar-refractivity contribution in [1.82, 2.24) is 0 Å². The van der Waals surface area contributed by atoms with Gasteiger partial charge in [-0.1, -0.05) is 77.6 Å². The second-order valence-electron chi connectivity index (χ2n) is 5.27. The van der Waals surface area contributed by atoms with Crippen LogP contribution in [0.1, 0.15) is 90.9 Å². The van der Waals surface area contributed by atoms with E-state index in [4.69, 9.17) is 4.74 Å². The molecule has 109 valence electrons.